The maximum absolute atomic E-state index is 12.4. The zero-order valence-electron chi connectivity index (χ0n) is 16.5. The van der Waals surface area contributed by atoms with Gasteiger partial charge in [-0.1, -0.05) is 82.0 Å². The monoisotopic (exact) mass is 355 g/mol. The maximum Gasteiger partial charge on any atom is 0.407 e. The van der Waals surface area contributed by atoms with Crippen molar-refractivity contribution in [2.45, 2.75) is 77.9 Å². The van der Waals surface area contributed by atoms with Crippen LogP contribution in [0.3, 0.4) is 0 Å². The van der Waals surface area contributed by atoms with E-state index >= 15 is 0 Å². The molecule has 2 rings (SSSR count). The van der Waals surface area contributed by atoms with Crippen LogP contribution in [-0.2, 0) is 4.74 Å². The number of alkyl carbamates (subject to hydrolysis) is 1. The lowest BCUT2D eigenvalue weighted by Crippen LogP contribution is -2.31. The fourth-order valence-corrected chi connectivity index (χ4v) is 3.45. The minimum absolute atomic E-state index is 0.0246. The SMILES string of the molecule is CCCCCCC(CCC)OC(=O)NC(C)c1cccc2ccccc12. The third-order valence-electron chi connectivity index (χ3n) is 4.89. The Morgan fingerprint density at radius 1 is 0.962 bits per heavy atom. The molecular formula is C23H33NO2. The van der Waals surface area contributed by atoms with Crippen LogP contribution in [0.5, 0.6) is 0 Å². The molecule has 0 aliphatic heterocycles. The molecule has 26 heavy (non-hydrogen) atoms. The largest absolute Gasteiger partial charge is 0.446 e. The van der Waals surface area contributed by atoms with Gasteiger partial charge >= 0.3 is 6.09 Å². The summed E-state index contributed by atoms with van der Waals surface area (Å²) in [5.41, 5.74) is 1.12. The molecule has 0 aliphatic rings. The molecule has 142 valence electrons. The van der Waals surface area contributed by atoms with Crippen LogP contribution in [0, 0.1) is 0 Å². The molecule has 0 fully saturated rings. The first-order valence-electron chi connectivity index (χ1n) is 10.1. The number of hydrogen-bond acceptors (Lipinski definition) is 2. The fraction of sp³-hybridized carbons (Fsp3) is 0.522. The van der Waals surface area contributed by atoms with Crippen molar-refractivity contribution in [2.75, 3.05) is 0 Å². The van der Waals surface area contributed by atoms with E-state index in [1.807, 2.05) is 25.1 Å². The third kappa shape index (κ3) is 6.05. The number of benzene rings is 2. The van der Waals surface area contributed by atoms with Crippen LogP contribution in [0.25, 0.3) is 10.8 Å². The Kier molecular flexibility index (Phi) is 8.46. The summed E-state index contributed by atoms with van der Waals surface area (Å²) in [7, 11) is 0. The first-order valence-corrected chi connectivity index (χ1v) is 10.1. The van der Waals surface area contributed by atoms with Crippen LogP contribution in [0.1, 0.15) is 77.3 Å². The summed E-state index contributed by atoms with van der Waals surface area (Å²) in [6, 6.07) is 14.4. The lowest BCUT2D eigenvalue weighted by molar-refractivity contribution is 0.0832. The van der Waals surface area contributed by atoms with Crippen LogP contribution < -0.4 is 5.32 Å². The van der Waals surface area contributed by atoms with Gasteiger partial charge in [0.25, 0.3) is 0 Å². The highest BCUT2D eigenvalue weighted by molar-refractivity contribution is 5.86. The smallest absolute Gasteiger partial charge is 0.407 e. The molecule has 0 saturated heterocycles. The molecule has 0 aliphatic carbocycles. The van der Waals surface area contributed by atoms with Gasteiger partial charge in [0, 0.05) is 0 Å². The van der Waals surface area contributed by atoms with Gasteiger partial charge in [0.1, 0.15) is 6.10 Å². The summed E-state index contributed by atoms with van der Waals surface area (Å²) in [5, 5.41) is 5.38. The van der Waals surface area contributed by atoms with Crippen molar-refractivity contribution < 1.29 is 9.53 Å². The average molecular weight is 356 g/mol. The van der Waals surface area contributed by atoms with Crippen molar-refractivity contribution in [3.8, 4) is 0 Å². The normalized spacial score (nSPS) is 13.3. The number of hydrogen-bond donors (Lipinski definition) is 1. The van der Waals surface area contributed by atoms with Gasteiger partial charge in [0.15, 0.2) is 0 Å². The number of carbonyl (C=O) groups excluding carboxylic acids is 1. The van der Waals surface area contributed by atoms with Crippen molar-refractivity contribution >= 4 is 16.9 Å². The molecule has 0 aromatic heterocycles. The molecule has 1 amide bonds. The summed E-state index contributed by atoms with van der Waals surface area (Å²) in [6.45, 7) is 6.36. The Bertz CT molecular complexity index is 677. The van der Waals surface area contributed by atoms with Crippen molar-refractivity contribution in [3.05, 3.63) is 48.0 Å². The van der Waals surface area contributed by atoms with Crippen LogP contribution in [0.2, 0.25) is 0 Å². The number of rotatable bonds is 10. The standard InChI is InChI=1S/C23H33NO2/c1-4-6-7-8-15-20(12-5-2)26-23(25)24-18(3)21-17-11-14-19-13-9-10-16-22(19)21/h9-11,13-14,16-18,20H,4-8,12,15H2,1-3H3,(H,24,25). The van der Waals surface area contributed by atoms with E-state index < -0.39 is 0 Å². The lowest BCUT2D eigenvalue weighted by atomic mass is 10.00. The van der Waals surface area contributed by atoms with E-state index in [-0.39, 0.29) is 18.2 Å². The molecule has 0 bridgehead atoms. The van der Waals surface area contributed by atoms with Crippen molar-refractivity contribution in [1.82, 2.24) is 5.32 Å². The van der Waals surface area contributed by atoms with Crippen LogP contribution in [0.15, 0.2) is 42.5 Å². The summed E-state index contributed by atoms with van der Waals surface area (Å²) in [6.07, 6.45) is 7.47. The van der Waals surface area contributed by atoms with E-state index in [1.165, 1.54) is 30.0 Å². The predicted octanol–water partition coefficient (Wildman–Crippen LogP) is 6.77. The van der Waals surface area contributed by atoms with Gasteiger partial charge in [-0.05, 0) is 42.5 Å². The van der Waals surface area contributed by atoms with E-state index in [0.29, 0.717) is 0 Å². The van der Waals surface area contributed by atoms with E-state index in [1.54, 1.807) is 0 Å². The molecule has 3 nitrogen and oxygen atoms in total. The average Bonchev–Trinajstić information content (AvgIpc) is 2.64. The van der Waals surface area contributed by atoms with Crippen LogP contribution >= 0.6 is 0 Å². The Balaban J connectivity index is 1.94. The molecule has 2 aromatic carbocycles. The quantitative estimate of drug-likeness (QED) is 0.478. The first-order chi connectivity index (χ1) is 12.7. The van der Waals surface area contributed by atoms with Gasteiger partial charge in [-0.2, -0.15) is 0 Å². The van der Waals surface area contributed by atoms with Crippen LogP contribution in [-0.4, -0.2) is 12.2 Å². The molecule has 0 radical (unpaired) electrons. The second-order valence-electron chi connectivity index (χ2n) is 7.10. The number of unbranched alkanes of at least 4 members (excludes halogenated alkanes) is 3. The van der Waals surface area contributed by atoms with Gasteiger partial charge in [0.2, 0.25) is 0 Å². The van der Waals surface area contributed by atoms with Gasteiger partial charge < -0.3 is 10.1 Å². The topological polar surface area (TPSA) is 38.3 Å². The molecule has 2 aromatic rings. The van der Waals surface area contributed by atoms with Gasteiger partial charge in [0.05, 0.1) is 6.04 Å². The number of nitrogens with one attached hydrogen (secondary N) is 1. The third-order valence-corrected chi connectivity index (χ3v) is 4.89. The molecule has 2 unspecified atom stereocenters. The molecular weight excluding hydrogens is 322 g/mol. The summed E-state index contributed by atoms with van der Waals surface area (Å²) >= 11 is 0. The Labute approximate surface area is 158 Å². The molecule has 0 saturated carbocycles. The Morgan fingerprint density at radius 2 is 1.73 bits per heavy atom. The van der Waals surface area contributed by atoms with Gasteiger partial charge in [-0.3, -0.25) is 0 Å². The van der Waals surface area contributed by atoms with Crippen molar-refractivity contribution in [2.24, 2.45) is 0 Å². The van der Waals surface area contributed by atoms with Crippen molar-refractivity contribution in [3.63, 3.8) is 0 Å². The molecule has 1 N–H and O–H groups in total. The molecule has 0 spiro atoms. The van der Waals surface area contributed by atoms with E-state index in [4.69, 9.17) is 4.74 Å². The highest BCUT2D eigenvalue weighted by Crippen LogP contribution is 2.24. The second kappa shape index (κ2) is 10.8. The number of fused-ring (bicyclic) bond motifs is 1. The second-order valence-corrected chi connectivity index (χ2v) is 7.10. The Hall–Kier alpha value is -2.03. The number of carbonyl (C=O) groups is 1. The maximum atomic E-state index is 12.4. The zero-order chi connectivity index (χ0) is 18.8. The number of ether oxygens (including phenoxy) is 1. The van der Waals surface area contributed by atoms with Gasteiger partial charge in [-0.25, -0.2) is 4.79 Å². The summed E-state index contributed by atoms with van der Waals surface area (Å²) < 4.78 is 5.73. The highest BCUT2D eigenvalue weighted by atomic mass is 16.6. The minimum atomic E-state index is -0.306. The minimum Gasteiger partial charge on any atom is -0.446 e. The van der Waals surface area contributed by atoms with E-state index in [9.17, 15) is 4.79 Å². The summed E-state index contributed by atoms with van der Waals surface area (Å²) in [5.74, 6) is 0. The first kappa shape index (κ1) is 20.3. The summed E-state index contributed by atoms with van der Waals surface area (Å²) in [4.78, 5) is 12.4. The zero-order valence-corrected chi connectivity index (χ0v) is 16.5. The van der Waals surface area contributed by atoms with E-state index in [2.05, 4.69) is 43.4 Å². The van der Waals surface area contributed by atoms with Crippen LogP contribution in [0.4, 0.5) is 4.79 Å². The highest BCUT2D eigenvalue weighted by Gasteiger charge is 2.17. The number of amides is 1. The molecule has 2 atom stereocenters. The Morgan fingerprint density at radius 3 is 2.50 bits per heavy atom. The van der Waals surface area contributed by atoms with Crippen molar-refractivity contribution in [1.29, 1.82) is 0 Å². The molecule has 0 heterocycles. The molecule has 3 heteroatoms. The predicted molar refractivity (Wildman–Crippen MR) is 109 cm³/mol. The van der Waals surface area contributed by atoms with E-state index in [0.717, 1.165) is 31.2 Å². The fourth-order valence-electron chi connectivity index (χ4n) is 3.45. The van der Waals surface area contributed by atoms with Gasteiger partial charge in [-0.15, -0.1) is 0 Å². The lowest BCUT2D eigenvalue weighted by Gasteiger charge is -2.21.